The molecule has 1 aromatic carbocycles. The van der Waals surface area contributed by atoms with Crippen LogP contribution in [-0.2, 0) is 13.0 Å². The molecule has 0 saturated carbocycles. The Bertz CT molecular complexity index is 490. The number of nitrogens with zero attached hydrogens (tertiary/aromatic N) is 3. The first-order chi connectivity index (χ1) is 8.72. The Morgan fingerprint density at radius 1 is 1.06 bits per heavy atom. The predicted molar refractivity (Wildman–Crippen MR) is 77.2 cm³/mol. The number of anilines is 1. The van der Waals surface area contributed by atoms with Crippen molar-refractivity contribution in [2.24, 2.45) is 0 Å². The second-order valence-electron chi connectivity index (χ2n) is 4.29. The summed E-state index contributed by atoms with van der Waals surface area (Å²) in [5, 5.41) is 10.6. The van der Waals surface area contributed by atoms with E-state index in [1.807, 2.05) is 0 Å². The second-order valence-corrected chi connectivity index (χ2v) is 5.44. The summed E-state index contributed by atoms with van der Waals surface area (Å²) in [6, 6.07) is 8.63. The van der Waals surface area contributed by atoms with Crippen LogP contribution in [0.1, 0.15) is 29.4 Å². The topological polar surface area (TPSA) is 29.0 Å². The average Bonchev–Trinajstić information content (AvgIpc) is 2.85. The molecular formula is C14H19N3S. The molecule has 4 heteroatoms. The Balaban J connectivity index is 2.11. The Morgan fingerprint density at radius 3 is 2.28 bits per heavy atom. The van der Waals surface area contributed by atoms with E-state index in [1.54, 1.807) is 11.3 Å². The van der Waals surface area contributed by atoms with Gasteiger partial charge >= 0.3 is 0 Å². The molecule has 0 aliphatic carbocycles. The summed E-state index contributed by atoms with van der Waals surface area (Å²) in [6.07, 6.45) is 0.967. The Hall–Kier alpha value is -1.42. The fraction of sp³-hybridized carbons (Fsp3) is 0.429. The number of rotatable bonds is 5. The van der Waals surface area contributed by atoms with Crippen molar-refractivity contribution in [3.8, 4) is 0 Å². The van der Waals surface area contributed by atoms with Gasteiger partial charge in [0.05, 0.1) is 6.54 Å². The van der Waals surface area contributed by atoms with E-state index in [0.717, 1.165) is 29.5 Å². The summed E-state index contributed by atoms with van der Waals surface area (Å²) >= 11 is 1.71. The summed E-state index contributed by atoms with van der Waals surface area (Å²) in [7, 11) is 0. The smallest absolute Gasteiger partial charge is 0.136 e. The second kappa shape index (κ2) is 5.96. The summed E-state index contributed by atoms with van der Waals surface area (Å²) < 4.78 is 0. The van der Waals surface area contributed by atoms with Gasteiger partial charge in [-0.05, 0) is 32.4 Å². The molecule has 0 aliphatic heterocycles. The maximum Gasteiger partial charge on any atom is 0.136 e. The largest absolute Gasteiger partial charge is 0.365 e. The zero-order chi connectivity index (χ0) is 13.0. The number of benzene rings is 1. The van der Waals surface area contributed by atoms with Crippen molar-refractivity contribution in [3.63, 3.8) is 0 Å². The Morgan fingerprint density at radius 2 is 1.72 bits per heavy atom. The molecule has 0 spiro atoms. The van der Waals surface area contributed by atoms with E-state index in [4.69, 9.17) is 0 Å². The van der Waals surface area contributed by atoms with Crippen LogP contribution in [0.3, 0.4) is 0 Å². The van der Waals surface area contributed by atoms with Gasteiger partial charge in [0.2, 0.25) is 0 Å². The molecule has 18 heavy (non-hydrogen) atoms. The van der Waals surface area contributed by atoms with E-state index in [2.05, 4.69) is 60.1 Å². The van der Waals surface area contributed by atoms with Crippen molar-refractivity contribution in [3.05, 3.63) is 39.8 Å². The fourth-order valence-corrected chi connectivity index (χ4v) is 2.60. The van der Waals surface area contributed by atoms with Crippen LogP contribution in [0.15, 0.2) is 24.3 Å². The summed E-state index contributed by atoms with van der Waals surface area (Å²) in [6.45, 7) is 8.21. The number of hydrogen-bond acceptors (Lipinski definition) is 4. The minimum Gasteiger partial charge on any atom is -0.365 e. The molecule has 0 atom stereocenters. The SMILES string of the molecule is CCc1nnc(CN(CC)c2ccc(C)cc2)s1. The highest BCUT2D eigenvalue weighted by Crippen LogP contribution is 2.19. The molecule has 3 nitrogen and oxygen atoms in total. The highest BCUT2D eigenvalue weighted by molar-refractivity contribution is 7.11. The quantitative estimate of drug-likeness (QED) is 0.825. The molecule has 0 unspecified atom stereocenters. The molecule has 1 heterocycles. The molecule has 0 saturated heterocycles. The van der Waals surface area contributed by atoms with Crippen molar-refractivity contribution in [1.82, 2.24) is 10.2 Å². The molecule has 2 aromatic rings. The van der Waals surface area contributed by atoms with Crippen molar-refractivity contribution in [1.29, 1.82) is 0 Å². The third-order valence-electron chi connectivity index (χ3n) is 2.92. The molecular weight excluding hydrogens is 242 g/mol. The van der Waals surface area contributed by atoms with Gasteiger partial charge in [0.15, 0.2) is 0 Å². The van der Waals surface area contributed by atoms with E-state index in [-0.39, 0.29) is 0 Å². The molecule has 96 valence electrons. The van der Waals surface area contributed by atoms with Gasteiger partial charge in [-0.3, -0.25) is 0 Å². The highest BCUT2D eigenvalue weighted by Gasteiger charge is 2.09. The van der Waals surface area contributed by atoms with Crippen LogP contribution in [0.2, 0.25) is 0 Å². The van der Waals surface area contributed by atoms with E-state index in [1.165, 1.54) is 11.3 Å². The first-order valence-corrected chi connectivity index (χ1v) is 7.17. The zero-order valence-corrected chi connectivity index (χ0v) is 12.0. The van der Waals surface area contributed by atoms with Gasteiger partial charge in [0, 0.05) is 12.2 Å². The first kappa shape index (κ1) is 13.0. The summed E-state index contributed by atoms with van der Waals surface area (Å²) in [5.74, 6) is 0. The van der Waals surface area contributed by atoms with Gasteiger partial charge in [0.25, 0.3) is 0 Å². The van der Waals surface area contributed by atoms with Gasteiger partial charge in [-0.1, -0.05) is 36.0 Å². The Kier molecular flexibility index (Phi) is 4.31. The monoisotopic (exact) mass is 261 g/mol. The van der Waals surface area contributed by atoms with Crippen molar-refractivity contribution < 1.29 is 0 Å². The van der Waals surface area contributed by atoms with Crippen molar-refractivity contribution in [2.45, 2.75) is 33.7 Å². The van der Waals surface area contributed by atoms with Crippen LogP contribution in [0, 0.1) is 6.92 Å². The van der Waals surface area contributed by atoms with Gasteiger partial charge in [-0.25, -0.2) is 0 Å². The first-order valence-electron chi connectivity index (χ1n) is 6.35. The standard InChI is InChI=1S/C14H19N3S/c1-4-13-15-16-14(18-13)10-17(5-2)12-8-6-11(3)7-9-12/h6-9H,4-5,10H2,1-3H3. The number of aryl methyl sites for hydroxylation is 2. The lowest BCUT2D eigenvalue weighted by molar-refractivity contribution is 0.808. The minimum absolute atomic E-state index is 0.844. The molecule has 0 bridgehead atoms. The lowest BCUT2D eigenvalue weighted by Gasteiger charge is -2.21. The van der Waals surface area contributed by atoms with Gasteiger partial charge in [-0.2, -0.15) is 0 Å². The van der Waals surface area contributed by atoms with E-state index in [0.29, 0.717) is 0 Å². The number of aromatic nitrogens is 2. The zero-order valence-electron chi connectivity index (χ0n) is 11.2. The molecule has 0 amide bonds. The van der Waals surface area contributed by atoms with Crippen LogP contribution >= 0.6 is 11.3 Å². The van der Waals surface area contributed by atoms with E-state index in [9.17, 15) is 0 Å². The fourth-order valence-electron chi connectivity index (χ4n) is 1.80. The maximum absolute atomic E-state index is 4.24. The molecule has 0 fully saturated rings. The van der Waals surface area contributed by atoms with Crippen LogP contribution in [0.4, 0.5) is 5.69 Å². The van der Waals surface area contributed by atoms with Crippen molar-refractivity contribution >= 4 is 17.0 Å². The van der Waals surface area contributed by atoms with E-state index < -0.39 is 0 Å². The molecule has 0 N–H and O–H groups in total. The van der Waals surface area contributed by atoms with Gasteiger partial charge in [-0.15, -0.1) is 10.2 Å². The third-order valence-corrected chi connectivity index (χ3v) is 3.97. The Labute approximate surface area is 112 Å². The summed E-state index contributed by atoms with van der Waals surface area (Å²) in [5.41, 5.74) is 2.54. The summed E-state index contributed by atoms with van der Waals surface area (Å²) in [4.78, 5) is 2.32. The van der Waals surface area contributed by atoms with Gasteiger partial charge < -0.3 is 4.90 Å². The molecule has 0 aliphatic rings. The highest BCUT2D eigenvalue weighted by atomic mass is 32.1. The normalized spacial score (nSPS) is 10.6. The maximum atomic E-state index is 4.24. The van der Waals surface area contributed by atoms with E-state index >= 15 is 0 Å². The number of hydrogen-bond donors (Lipinski definition) is 0. The van der Waals surface area contributed by atoms with Crippen LogP contribution in [-0.4, -0.2) is 16.7 Å². The van der Waals surface area contributed by atoms with Gasteiger partial charge in [0.1, 0.15) is 10.0 Å². The molecule has 0 radical (unpaired) electrons. The average molecular weight is 261 g/mol. The molecule has 2 rings (SSSR count). The van der Waals surface area contributed by atoms with Crippen molar-refractivity contribution in [2.75, 3.05) is 11.4 Å². The predicted octanol–water partition coefficient (Wildman–Crippen LogP) is 3.44. The molecule has 1 aromatic heterocycles. The third kappa shape index (κ3) is 3.07. The van der Waals surface area contributed by atoms with Crippen LogP contribution in [0.25, 0.3) is 0 Å². The van der Waals surface area contributed by atoms with Crippen LogP contribution < -0.4 is 4.90 Å². The lowest BCUT2D eigenvalue weighted by atomic mass is 10.2. The minimum atomic E-state index is 0.844. The van der Waals surface area contributed by atoms with Crippen LogP contribution in [0.5, 0.6) is 0 Å². The lowest BCUT2D eigenvalue weighted by Crippen LogP contribution is -2.21.